The predicted molar refractivity (Wildman–Crippen MR) is 57.8 cm³/mol. The number of hydrogen-bond donors (Lipinski definition) is 1. The number of phenols is 1. The Morgan fingerprint density at radius 3 is 2.80 bits per heavy atom. The van der Waals surface area contributed by atoms with Gasteiger partial charge in [-0.2, -0.15) is 0 Å². The molecule has 82 valence electrons. The lowest BCUT2D eigenvalue weighted by molar-refractivity contribution is -0.107. The summed E-state index contributed by atoms with van der Waals surface area (Å²) in [5, 5.41) is 9.44. The van der Waals surface area contributed by atoms with Crippen LogP contribution >= 0.6 is 0 Å². The maximum Gasteiger partial charge on any atom is 0.124 e. The number of phenolic OH excluding ortho intramolecular Hbond substituents is 1. The van der Waals surface area contributed by atoms with Gasteiger partial charge >= 0.3 is 0 Å². The van der Waals surface area contributed by atoms with Crippen LogP contribution in [0, 0.1) is 0 Å². The molecule has 1 aromatic rings. The van der Waals surface area contributed by atoms with E-state index in [4.69, 9.17) is 4.74 Å². The van der Waals surface area contributed by atoms with Gasteiger partial charge in [0, 0.05) is 12.0 Å². The summed E-state index contributed by atoms with van der Waals surface area (Å²) in [6.07, 6.45) is 1.19. The van der Waals surface area contributed by atoms with Crippen molar-refractivity contribution in [2.45, 2.75) is 33.0 Å². The zero-order valence-electron chi connectivity index (χ0n) is 9.06. The van der Waals surface area contributed by atoms with Crippen molar-refractivity contribution in [1.82, 2.24) is 0 Å². The highest BCUT2D eigenvalue weighted by molar-refractivity contribution is 5.57. The minimum absolute atomic E-state index is 0.162. The molecule has 15 heavy (non-hydrogen) atoms. The van der Waals surface area contributed by atoms with E-state index >= 15 is 0 Å². The molecule has 0 amide bonds. The van der Waals surface area contributed by atoms with Gasteiger partial charge in [0.15, 0.2) is 0 Å². The Bertz CT molecular complexity index is 332. The summed E-state index contributed by atoms with van der Waals surface area (Å²) >= 11 is 0. The predicted octanol–water partition coefficient (Wildman–Crippen LogP) is 2.06. The number of carbonyl (C=O) groups is 1. The van der Waals surface area contributed by atoms with Crippen LogP contribution in [0.1, 0.15) is 25.0 Å². The highest BCUT2D eigenvalue weighted by atomic mass is 16.5. The molecule has 0 saturated carbocycles. The Hall–Kier alpha value is -1.35. The van der Waals surface area contributed by atoms with E-state index in [1.54, 1.807) is 18.2 Å². The molecule has 0 aliphatic carbocycles. The quantitative estimate of drug-likeness (QED) is 0.753. The van der Waals surface area contributed by atoms with Gasteiger partial charge in [-0.25, -0.2) is 0 Å². The van der Waals surface area contributed by atoms with Crippen LogP contribution in [0.2, 0.25) is 0 Å². The molecule has 0 aliphatic rings. The fraction of sp³-hybridized carbons (Fsp3) is 0.417. The van der Waals surface area contributed by atoms with E-state index in [0.717, 1.165) is 11.8 Å². The number of ether oxygens (including phenoxy) is 1. The summed E-state index contributed by atoms with van der Waals surface area (Å²) in [5.74, 6) is 0.162. The summed E-state index contributed by atoms with van der Waals surface area (Å²) in [5.41, 5.74) is 1.62. The van der Waals surface area contributed by atoms with Crippen molar-refractivity contribution in [3.63, 3.8) is 0 Å². The fourth-order valence-corrected chi connectivity index (χ4v) is 1.24. The van der Waals surface area contributed by atoms with Crippen LogP contribution in [0.25, 0.3) is 0 Å². The molecule has 0 heterocycles. The van der Waals surface area contributed by atoms with Crippen molar-refractivity contribution in [1.29, 1.82) is 0 Å². The Morgan fingerprint density at radius 1 is 1.47 bits per heavy atom. The van der Waals surface area contributed by atoms with E-state index in [1.165, 1.54) is 0 Å². The second kappa shape index (κ2) is 5.51. The van der Waals surface area contributed by atoms with Gasteiger partial charge in [-0.1, -0.05) is 6.07 Å². The average molecular weight is 208 g/mol. The molecule has 0 bridgehead atoms. The third kappa shape index (κ3) is 3.72. The monoisotopic (exact) mass is 208 g/mol. The van der Waals surface area contributed by atoms with E-state index < -0.39 is 0 Å². The Morgan fingerprint density at radius 2 is 2.20 bits per heavy atom. The van der Waals surface area contributed by atoms with Gasteiger partial charge < -0.3 is 14.6 Å². The van der Waals surface area contributed by atoms with Crippen molar-refractivity contribution in [2.75, 3.05) is 0 Å². The number of carbonyl (C=O) groups excluding carboxylic acids is 1. The minimum Gasteiger partial charge on any atom is -0.508 e. The second-order valence-electron chi connectivity index (χ2n) is 3.69. The first-order chi connectivity index (χ1) is 7.13. The van der Waals surface area contributed by atoms with Crippen molar-refractivity contribution >= 4 is 6.29 Å². The molecule has 0 saturated heterocycles. The van der Waals surface area contributed by atoms with Gasteiger partial charge in [-0.05, 0) is 31.5 Å². The van der Waals surface area contributed by atoms with Crippen LogP contribution < -0.4 is 0 Å². The number of aldehydes is 1. The summed E-state index contributed by atoms with van der Waals surface area (Å²) in [6.45, 7) is 4.43. The first kappa shape index (κ1) is 11.7. The number of hydrogen-bond acceptors (Lipinski definition) is 3. The summed E-state index contributed by atoms with van der Waals surface area (Å²) in [6, 6.07) is 5.19. The maximum absolute atomic E-state index is 10.4. The number of rotatable bonds is 5. The molecule has 1 N–H and O–H groups in total. The zero-order valence-corrected chi connectivity index (χ0v) is 9.06. The van der Waals surface area contributed by atoms with Crippen LogP contribution in [0.15, 0.2) is 18.2 Å². The lowest BCUT2D eigenvalue weighted by Crippen LogP contribution is -2.02. The Kier molecular flexibility index (Phi) is 4.31. The largest absolute Gasteiger partial charge is 0.508 e. The minimum atomic E-state index is 0.162. The second-order valence-corrected chi connectivity index (χ2v) is 3.69. The topological polar surface area (TPSA) is 46.5 Å². The van der Waals surface area contributed by atoms with Crippen LogP contribution in [-0.4, -0.2) is 17.5 Å². The molecule has 0 radical (unpaired) electrons. The summed E-state index contributed by atoms with van der Waals surface area (Å²) in [7, 11) is 0. The molecule has 1 aromatic carbocycles. The van der Waals surface area contributed by atoms with E-state index in [2.05, 4.69) is 0 Å². The smallest absolute Gasteiger partial charge is 0.124 e. The van der Waals surface area contributed by atoms with Crippen LogP contribution in [-0.2, 0) is 22.6 Å². The van der Waals surface area contributed by atoms with Gasteiger partial charge in [-0.15, -0.1) is 0 Å². The SMILES string of the molecule is CC(C)OCc1ccc(O)c(CC=O)c1. The summed E-state index contributed by atoms with van der Waals surface area (Å²) in [4.78, 5) is 10.4. The third-order valence-corrected chi connectivity index (χ3v) is 2.03. The molecule has 3 heteroatoms. The Labute approximate surface area is 89.7 Å². The third-order valence-electron chi connectivity index (χ3n) is 2.03. The normalized spacial score (nSPS) is 10.6. The highest BCUT2D eigenvalue weighted by Gasteiger charge is 2.03. The van der Waals surface area contributed by atoms with Crippen LogP contribution in [0.5, 0.6) is 5.75 Å². The molecular formula is C12H16O3. The van der Waals surface area contributed by atoms with Crippen LogP contribution in [0.4, 0.5) is 0 Å². The average Bonchev–Trinajstić information content (AvgIpc) is 2.19. The van der Waals surface area contributed by atoms with Crippen molar-refractivity contribution in [3.05, 3.63) is 29.3 Å². The van der Waals surface area contributed by atoms with E-state index in [0.29, 0.717) is 12.2 Å². The van der Waals surface area contributed by atoms with Gasteiger partial charge in [0.1, 0.15) is 12.0 Å². The molecule has 0 aliphatic heterocycles. The molecule has 0 aromatic heterocycles. The van der Waals surface area contributed by atoms with Crippen molar-refractivity contribution in [2.24, 2.45) is 0 Å². The lowest BCUT2D eigenvalue weighted by atomic mass is 10.1. The van der Waals surface area contributed by atoms with E-state index in [-0.39, 0.29) is 18.3 Å². The molecular weight excluding hydrogens is 192 g/mol. The zero-order chi connectivity index (χ0) is 11.3. The first-order valence-corrected chi connectivity index (χ1v) is 4.99. The Balaban J connectivity index is 2.73. The fourth-order valence-electron chi connectivity index (χ4n) is 1.24. The number of aromatic hydroxyl groups is 1. The standard InChI is InChI=1S/C12H16O3/c1-9(2)15-8-10-3-4-12(14)11(7-10)5-6-13/h3-4,6-7,9,14H,5,8H2,1-2H3. The maximum atomic E-state index is 10.4. The van der Waals surface area contributed by atoms with Gasteiger partial charge in [0.05, 0.1) is 12.7 Å². The van der Waals surface area contributed by atoms with E-state index in [9.17, 15) is 9.90 Å². The lowest BCUT2D eigenvalue weighted by Gasteiger charge is -2.09. The highest BCUT2D eigenvalue weighted by Crippen LogP contribution is 2.19. The van der Waals surface area contributed by atoms with E-state index in [1.807, 2.05) is 13.8 Å². The molecule has 0 fully saturated rings. The first-order valence-electron chi connectivity index (χ1n) is 4.99. The number of benzene rings is 1. The molecule has 0 spiro atoms. The summed E-state index contributed by atoms with van der Waals surface area (Å²) < 4.78 is 5.43. The molecule has 1 rings (SSSR count). The van der Waals surface area contributed by atoms with Crippen LogP contribution in [0.3, 0.4) is 0 Å². The van der Waals surface area contributed by atoms with Gasteiger partial charge in [-0.3, -0.25) is 0 Å². The van der Waals surface area contributed by atoms with Gasteiger partial charge in [0.2, 0.25) is 0 Å². The molecule has 0 atom stereocenters. The molecule has 0 unspecified atom stereocenters. The van der Waals surface area contributed by atoms with Gasteiger partial charge in [0.25, 0.3) is 0 Å². The van der Waals surface area contributed by atoms with Crippen molar-refractivity contribution < 1.29 is 14.6 Å². The van der Waals surface area contributed by atoms with Crippen molar-refractivity contribution in [3.8, 4) is 5.75 Å². The molecule has 3 nitrogen and oxygen atoms in total.